The molecule has 0 aliphatic carbocycles. The van der Waals surface area contributed by atoms with Crippen LogP contribution in [0, 0.1) is 6.92 Å². The molecule has 1 unspecified atom stereocenters. The Kier molecular flexibility index (Phi) is 2.72. The second kappa shape index (κ2) is 4.40. The zero-order valence-electron chi connectivity index (χ0n) is 10.8. The van der Waals surface area contributed by atoms with Crippen molar-refractivity contribution in [1.82, 2.24) is 25.0 Å². The molecule has 0 aliphatic rings. The lowest BCUT2D eigenvalue weighted by Gasteiger charge is -2.06. The smallest absolute Gasteiger partial charge is 0.102 e. The highest BCUT2D eigenvalue weighted by molar-refractivity contribution is 5.76. The molecule has 0 radical (unpaired) electrons. The molecule has 0 saturated carbocycles. The van der Waals surface area contributed by atoms with Gasteiger partial charge in [-0.05, 0) is 32.0 Å². The SMILES string of the molecule is Cc1c(C(C)N)nnn1-c1ccc2nccnc2c1. The first-order valence-electron chi connectivity index (χ1n) is 6.06. The third kappa shape index (κ3) is 1.96. The quantitative estimate of drug-likeness (QED) is 0.750. The Morgan fingerprint density at radius 3 is 2.58 bits per heavy atom. The summed E-state index contributed by atoms with van der Waals surface area (Å²) in [5, 5.41) is 8.28. The second-order valence-electron chi connectivity index (χ2n) is 4.49. The topological polar surface area (TPSA) is 82.5 Å². The summed E-state index contributed by atoms with van der Waals surface area (Å²) in [5.74, 6) is 0. The van der Waals surface area contributed by atoms with Crippen molar-refractivity contribution in [2.75, 3.05) is 0 Å². The first-order valence-corrected chi connectivity index (χ1v) is 6.06. The van der Waals surface area contributed by atoms with Gasteiger partial charge in [0.25, 0.3) is 0 Å². The van der Waals surface area contributed by atoms with Crippen molar-refractivity contribution in [3.63, 3.8) is 0 Å². The lowest BCUT2D eigenvalue weighted by atomic mass is 10.2. The molecule has 3 rings (SSSR count). The van der Waals surface area contributed by atoms with Gasteiger partial charge in [-0.1, -0.05) is 5.21 Å². The van der Waals surface area contributed by atoms with Crippen molar-refractivity contribution in [3.8, 4) is 5.69 Å². The molecule has 96 valence electrons. The summed E-state index contributed by atoms with van der Waals surface area (Å²) in [7, 11) is 0. The lowest BCUT2D eigenvalue weighted by Crippen LogP contribution is -2.08. The fraction of sp³-hybridized carbons (Fsp3) is 0.231. The average molecular weight is 254 g/mol. The molecular formula is C13H14N6. The van der Waals surface area contributed by atoms with Gasteiger partial charge in [0, 0.05) is 18.4 Å². The van der Waals surface area contributed by atoms with E-state index in [-0.39, 0.29) is 6.04 Å². The van der Waals surface area contributed by atoms with Crippen molar-refractivity contribution >= 4 is 11.0 Å². The third-order valence-electron chi connectivity index (χ3n) is 3.06. The van der Waals surface area contributed by atoms with Gasteiger partial charge < -0.3 is 5.73 Å². The van der Waals surface area contributed by atoms with Crippen LogP contribution in [0.3, 0.4) is 0 Å². The fourth-order valence-corrected chi connectivity index (χ4v) is 2.09. The Morgan fingerprint density at radius 1 is 1.16 bits per heavy atom. The minimum atomic E-state index is -0.131. The first kappa shape index (κ1) is 11.7. The van der Waals surface area contributed by atoms with Crippen LogP contribution in [0.5, 0.6) is 0 Å². The molecule has 2 N–H and O–H groups in total. The van der Waals surface area contributed by atoms with E-state index < -0.39 is 0 Å². The van der Waals surface area contributed by atoms with Crippen LogP contribution in [0.15, 0.2) is 30.6 Å². The van der Waals surface area contributed by atoms with Crippen molar-refractivity contribution in [2.45, 2.75) is 19.9 Å². The molecule has 2 heterocycles. The van der Waals surface area contributed by atoms with Gasteiger partial charge in [0.15, 0.2) is 0 Å². The number of hydrogen-bond donors (Lipinski definition) is 1. The maximum absolute atomic E-state index is 5.86. The number of benzene rings is 1. The molecule has 0 spiro atoms. The van der Waals surface area contributed by atoms with E-state index in [4.69, 9.17) is 5.73 Å². The number of nitrogens with zero attached hydrogens (tertiary/aromatic N) is 5. The predicted molar refractivity (Wildman–Crippen MR) is 71.8 cm³/mol. The van der Waals surface area contributed by atoms with Crippen molar-refractivity contribution in [1.29, 1.82) is 0 Å². The minimum Gasteiger partial charge on any atom is -0.323 e. The predicted octanol–water partition coefficient (Wildman–Crippen LogP) is 1.54. The van der Waals surface area contributed by atoms with Crippen molar-refractivity contribution < 1.29 is 0 Å². The molecule has 1 atom stereocenters. The summed E-state index contributed by atoms with van der Waals surface area (Å²) in [6.45, 7) is 3.85. The van der Waals surface area contributed by atoms with Crippen LogP contribution in [0.25, 0.3) is 16.7 Å². The van der Waals surface area contributed by atoms with Gasteiger partial charge in [0.2, 0.25) is 0 Å². The lowest BCUT2D eigenvalue weighted by molar-refractivity contribution is 0.757. The molecule has 0 amide bonds. The molecule has 1 aromatic carbocycles. The van der Waals surface area contributed by atoms with Gasteiger partial charge in [-0.25, -0.2) is 4.68 Å². The summed E-state index contributed by atoms with van der Waals surface area (Å²) in [5.41, 5.74) is 10.2. The molecule has 2 aromatic heterocycles. The van der Waals surface area contributed by atoms with Crippen LogP contribution in [0.2, 0.25) is 0 Å². The Morgan fingerprint density at radius 2 is 1.89 bits per heavy atom. The van der Waals surface area contributed by atoms with E-state index in [1.54, 1.807) is 17.1 Å². The second-order valence-corrected chi connectivity index (χ2v) is 4.49. The number of fused-ring (bicyclic) bond motifs is 1. The standard InChI is InChI=1S/C13H14N6/c1-8(14)13-9(2)19(18-17-13)10-3-4-11-12(7-10)16-6-5-15-11/h3-8H,14H2,1-2H3. The maximum Gasteiger partial charge on any atom is 0.102 e. The molecular weight excluding hydrogens is 240 g/mol. The summed E-state index contributed by atoms with van der Waals surface area (Å²) in [6, 6.07) is 5.68. The molecule has 6 nitrogen and oxygen atoms in total. The third-order valence-corrected chi connectivity index (χ3v) is 3.06. The van der Waals surface area contributed by atoms with E-state index in [2.05, 4.69) is 20.3 Å². The Hall–Kier alpha value is -2.34. The highest BCUT2D eigenvalue weighted by atomic mass is 15.4. The van der Waals surface area contributed by atoms with E-state index in [1.807, 2.05) is 32.0 Å². The summed E-state index contributed by atoms with van der Waals surface area (Å²) >= 11 is 0. The van der Waals surface area contributed by atoms with Crippen LogP contribution in [-0.4, -0.2) is 25.0 Å². The first-order chi connectivity index (χ1) is 9.16. The largest absolute Gasteiger partial charge is 0.323 e. The highest BCUT2D eigenvalue weighted by Gasteiger charge is 2.13. The Labute approximate surface area is 110 Å². The zero-order valence-corrected chi connectivity index (χ0v) is 10.8. The zero-order chi connectivity index (χ0) is 13.4. The van der Waals surface area contributed by atoms with Crippen LogP contribution in [-0.2, 0) is 0 Å². The summed E-state index contributed by atoms with van der Waals surface area (Å²) in [4.78, 5) is 8.53. The number of nitrogens with two attached hydrogens (primary N) is 1. The van der Waals surface area contributed by atoms with Crippen LogP contribution in [0.1, 0.15) is 24.4 Å². The monoisotopic (exact) mass is 254 g/mol. The minimum absolute atomic E-state index is 0.131. The van der Waals surface area contributed by atoms with Gasteiger partial charge in [0.05, 0.1) is 22.4 Å². The fourth-order valence-electron chi connectivity index (χ4n) is 2.09. The van der Waals surface area contributed by atoms with Crippen LogP contribution >= 0.6 is 0 Å². The molecule has 0 fully saturated rings. The van der Waals surface area contributed by atoms with Crippen molar-refractivity contribution in [2.24, 2.45) is 5.73 Å². The molecule has 0 bridgehead atoms. The maximum atomic E-state index is 5.86. The van der Waals surface area contributed by atoms with E-state index in [0.29, 0.717) is 0 Å². The van der Waals surface area contributed by atoms with Gasteiger partial charge in [-0.3, -0.25) is 9.97 Å². The van der Waals surface area contributed by atoms with Gasteiger partial charge in [0.1, 0.15) is 5.69 Å². The summed E-state index contributed by atoms with van der Waals surface area (Å²) < 4.78 is 1.77. The van der Waals surface area contributed by atoms with Crippen LogP contribution in [0.4, 0.5) is 0 Å². The van der Waals surface area contributed by atoms with E-state index in [0.717, 1.165) is 28.1 Å². The van der Waals surface area contributed by atoms with Gasteiger partial charge >= 0.3 is 0 Å². The van der Waals surface area contributed by atoms with Crippen molar-refractivity contribution in [3.05, 3.63) is 42.0 Å². The number of hydrogen-bond acceptors (Lipinski definition) is 5. The normalized spacial score (nSPS) is 12.8. The van der Waals surface area contributed by atoms with E-state index >= 15 is 0 Å². The van der Waals surface area contributed by atoms with E-state index in [9.17, 15) is 0 Å². The number of aromatic nitrogens is 5. The number of rotatable bonds is 2. The van der Waals surface area contributed by atoms with Crippen LogP contribution < -0.4 is 5.73 Å². The molecule has 3 aromatic rings. The highest BCUT2D eigenvalue weighted by Crippen LogP contribution is 2.18. The van der Waals surface area contributed by atoms with Gasteiger partial charge in [-0.15, -0.1) is 5.10 Å². The van der Waals surface area contributed by atoms with Gasteiger partial charge in [-0.2, -0.15) is 0 Å². The van der Waals surface area contributed by atoms with E-state index in [1.165, 1.54) is 0 Å². The summed E-state index contributed by atoms with van der Waals surface area (Å²) in [6.07, 6.45) is 3.35. The molecule has 0 aliphatic heterocycles. The molecule has 19 heavy (non-hydrogen) atoms. The molecule has 0 saturated heterocycles. The Bertz CT molecular complexity index is 731. The molecule has 6 heteroatoms. The Balaban J connectivity index is 2.14. The average Bonchev–Trinajstić information content (AvgIpc) is 2.80.